The number of thiophene rings is 1. The van der Waals surface area contributed by atoms with Crippen LogP contribution in [0.1, 0.15) is 39.5 Å². The molecule has 0 unspecified atom stereocenters. The Kier molecular flexibility index (Phi) is 5.73. The summed E-state index contributed by atoms with van der Waals surface area (Å²) < 4.78 is 2.36. The molecule has 1 amide bonds. The Bertz CT molecular complexity index is 790. The molecule has 25 heavy (non-hydrogen) atoms. The summed E-state index contributed by atoms with van der Waals surface area (Å²) in [7, 11) is 0. The first-order chi connectivity index (χ1) is 12.1. The molecule has 3 heterocycles. The lowest BCUT2D eigenvalue weighted by molar-refractivity contribution is -0.121. The van der Waals surface area contributed by atoms with Gasteiger partial charge in [0, 0.05) is 32.6 Å². The summed E-state index contributed by atoms with van der Waals surface area (Å²) in [4.78, 5) is 31.8. The number of aromatic nitrogens is 2. The highest BCUT2D eigenvalue weighted by atomic mass is 32.1. The van der Waals surface area contributed by atoms with Crippen molar-refractivity contribution in [2.75, 3.05) is 24.5 Å². The monoisotopic (exact) mass is 362 g/mol. The maximum Gasteiger partial charge on any atom is 0.272 e. The highest BCUT2D eigenvalue weighted by Gasteiger charge is 2.20. The fourth-order valence-corrected chi connectivity index (χ4v) is 3.87. The van der Waals surface area contributed by atoms with E-state index in [4.69, 9.17) is 4.98 Å². The smallest absolute Gasteiger partial charge is 0.272 e. The zero-order chi connectivity index (χ0) is 17.8. The Morgan fingerprint density at radius 2 is 2.12 bits per heavy atom. The van der Waals surface area contributed by atoms with Crippen LogP contribution in [-0.2, 0) is 11.3 Å². The van der Waals surface area contributed by atoms with Gasteiger partial charge in [0.25, 0.3) is 5.56 Å². The van der Waals surface area contributed by atoms with Gasteiger partial charge < -0.3 is 10.2 Å². The first-order valence-electron chi connectivity index (χ1n) is 9.06. The van der Waals surface area contributed by atoms with E-state index in [2.05, 4.69) is 24.1 Å². The van der Waals surface area contributed by atoms with E-state index in [9.17, 15) is 9.59 Å². The largest absolute Gasteiger partial charge is 0.356 e. The van der Waals surface area contributed by atoms with E-state index in [0.29, 0.717) is 36.1 Å². The molecule has 136 valence electrons. The SMILES string of the molecule is CC(C)CCNC(=O)CCn1c(N2CCCC2)nc2ccsc2c1=O. The van der Waals surface area contributed by atoms with Crippen LogP contribution in [0.2, 0.25) is 0 Å². The first-order valence-corrected chi connectivity index (χ1v) is 9.94. The van der Waals surface area contributed by atoms with Crippen LogP contribution in [0, 0.1) is 5.92 Å². The predicted molar refractivity (Wildman–Crippen MR) is 102 cm³/mol. The number of fused-ring (bicyclic) bond motifs is 1. The molecule has 3 rings (SSSR count). The molecule has 0 aromatic carbocycles. The van der Waals surface area contributed by atoms with Gasteiger partial charge in [-0.2, -0.15) is 0 Å². The maximum atomic E-state index is 12.9. The average Bonchev–Trinajstić information content (AvgIpc) is 3.24. The minimum absolute atomic E-state index is 0.00815. The van der Waals surface area contributed by atoms with Crippen molar-refractivity contribution >= 4 is 33.4 Å². The van der Waals surface area contributed by atoms with Gasteiger partial charge in [-0.1, -0.05) is 13.8 Å². The summed E-state index contributed by atoms with van der Waals surface area (Å²) in [6, 6.07) is 1.89. The molecule has 1 aliphatic heterocycles. The van der Waals surface area contributed by atoms with Gasteiger partial charge in [0.05, 0.1) is 5.52 Å². The lowest BCUT2D eigenvalue weighted by Gasteiger charge is -2.21. The second-order valence-electron chi connectivity index (χ2n) is 6.98. The van der Waals surface area contributed by atoms with Crippen LogP contribution >= 0.6 is 11.3 Å². The van der Waals surface area contributed by atoms with Gasteiger partial charge in [-0.15, -0.1) is 11.3 Å². The molecule has 1 fully saturated rings. The number of carbonyl (C=O) groups is 1. The van der Waals surface area contributed by atoms with E-state index in [1.54, 1.807) is 4.57 Å². The minimum Gasteiger partial charge on any atom is -0.356 e. The molecule has 1 aliphatic rings. The zero-order valence-corrected chi connectivity index (χ0v) is 15.8. The quantitative estimate of drug-likeness (QED) is 0.822. The van der Waals surface area contributed by atoms with Crippen LogP contribution < -0.4 is 15.8 Å². The van der Waals surface area contributed by atoms with Gasteiger partial charge in [0.1, 0.15) is 4.70 Å². The molecule has 0 saturated carbocycles. The Labute approximate surface area is 151 Å². The molecule has 7 heteroatoms. The van der Waals surface area contributed by atoms with E-state index in [0.717, 1.165) is 37.9 Å². The number of amides is 1. The van der Waals surface area contributed by atoms with Gasteiger partial charge in [0.2, 0.25) is 11.9 Å². The van der Waals surface area contributed by atoms with E-state index in [-0.39, 0.29) is 11.5 Å². The third kappa shape index (κ3) is 4.21. The molecule has 0 radical (unpaired) electrons. The fourth-order valence-electron chi connectivity index (χ4n) is 3.09. The van der Waals surface area contributed by atoms with E-state index in [1.807, 2.05) is 11.4 Å². The van der Waals surface area contributed by atoms with Crippen LogP contribution in [0.15, 0.2) is 16.2 Å². The number of anilines is 1. The molecule has 0 atom stereocenters. The van der Waals surface area contributed by atoms with Crippen LogP contribution in [0.5, 0.6) is 0 Å². The Morgan fingerprint density at radius 3 is 2.84 bits per heavy atom. The van der Waals surface area contributed by atoms with Crippen LogP contribution in [0.4, 0.5) is 5.95 Å². The summed E-state index contributed by atoms with van der Waals surface area (Å²) in [5, 5.41) is 4.84. The summed E-state index contributed by atoms with van der Waals surface area (Å²) in [5.41, 5.74) is 0.728. The fraction of sp³-hybridized carbons (Fsp3) is 0.611. The standard InChI is InChI=1S/C18H26N4O2S/c1-13(2)5-8-19-15(23)6-11-22-17(24)16-14(7-12-25-16)20-18(22)21-9-3-4-10-21/h7,12-13H,3-6,8-11H2,1-2H3,(H,19,23). The molecule has 1 N–H and O–H groups in total. The Hall–Kier alpha value is -1.89. The average molecular weight is 362 g/mol. The summed E-state index contributed by atoms with van der Waals surface area (Å²) in [5.74, 6) is 1.27. The van der Waals surface area contributed by atoms with E-state index < -0.39 is 0 Å². The summed E-state index contributed by atoms with van der Waals surface area (Å²) >= 11 is 1.42. The molecular formula is C18H26N4O2S. The molecule has 2 aromatic rings. The molecule has 1 saturated heterocycles. The van der Waals surface area contributed by atoms with Crippen molar-refractivity contribution in [3.63, 3.8) is 0 Å². The Morgan fingerprint density at radius 1 is 1.36 bits per heavy atom. The van der Waals surface area contributed by atoms with Gasteiger partial charge in [-0.05, 0) is 36.6 Å². The van der Waals surface area contributed by atoms with Gasteiger partial charge >= 0.3 is 0 Å². The predicted octanol–water partition coefficient (Wildman–Crippen LogP) is 2.61. The highest BCUT2D eigenvalue weighted by Crippen LogP contribution is 2.22. The third-order valence-corrected chi connectivity index (χ3v) is 5.43. The molecular weight excluding hydrogens is 336 g/mol. The lowest BCUT2D eigenvalue weighted by Crippen LogP contribution is -2.33. The summed E-state index contributed by atoms with van der Waals surface area (Å²) in [6.07, 6.45) is 3.51. The Balaban J connectivity index is 1.77. The zero-order valence-electron chi connectivity index (χ0n) is 15.0. The second kappa shape index (κ2) is 7.99. The number of rotatable bonds is 7. The van der Waals surface area contributed by atoms with Crippen molar-refractivity contribution in [3.05, 3.63) is 21.8 Å². The highest BCUT2D eigenvalue weighted by molar-refractivity contribution is 7.17. The van der Waals surface area contributed by atoms with Crippen molar-refractivity contribution in [2.24, 2.45) is 5.92 Å². The number of hydrogen-bond donors (Lipinski definition) is 1. The van der Waals surface area contributed by atoms with Gasteiger partial charge in [-0.25, -0.2) is 4.98 Å². The van der Waals surface area contributed by atoms with Crippen LogP contribution in [-0.4, -0.2) is 35.1 Å². The number of carbonyl (C=O) groups excluding carboxylic acids is 1. The summed E-state index contributed by atoms with van der Waals surface area (Å²) in [6.45, 7) is 7.17. The topological polar surface area (TPSA) is 67.2 Å². The van der Waals surface area contributed by atoms with Crippen molar-refractivity contribution in [1.82, 2.24) is 14.9 Å². The minimum atomic E-state index is -0.0307. The van der Waals surface area contributed by atoms with Crippen LogP contribution in [0.25, 0.3) is 10.2 Å². The molecule has 2 aromatic heterocycles. The molecule has 0 spiro atoms. The van der Waals surface area contributed by atoms with E-state index >= 15 is 0 Å². The second-order valence-corrected chi connectivity index (χ2v) is 7.90. The van der Waals surface area contributed by atoms with Crippen molar-refractivity contribution in [2.45, 2.75) is 46.1 Å². The van der Waals surface area contributed by atoms with Gasteiger partial charge in [-0.3, -0.25) is 14.2 Å². The maximum absolute atomic E-state index is 12.9. The van der Waals surface area contributed by atoms with Crippen LogP contribution in [0.3, 0.4) is 0 Å². The normalized spacial score (nSPS) is 14.6. The molecule has 0 bridgehead atoms. The number of hydrogen-bond acceptors (Lipinski definition) is 5. The van der Waals surface area contributed by atoms with Crippen molar-refractivity contribution in [1.29, 1.82) is 0 Å². The van der Waals surface area contributed by atoms with E-state index in [1.165, 1.54) is 11.3 Å². The van der Waals surface area contributed by atoms with Crippen molar-refractivity contribution < 1.29 is 4.79 Å². The first kappa shape index (κ1) is 17.9. The van der Waals surface area contributed by atoms with Crippen molar-refractivity contribution in [3.8, 4) is 0 Å². The lowest BCUT2D eigenvalue weighted by atomic mass is 10.1. The number of nitrogens with zero attached hydrogens (tertiary/aromatic N) is 3. The number of nitrogens with one attached hydrogen (secondary N) is 1. The molecule has 6 nitrogen and oxygen atoms in total. The molecule has 0 aliphatic carbocycles. The van der Waals surface area contributed by atoms with Gasteiger partial charge in [0.15, 0.2) is 0 Å². The third-order valence-electron chi connectivity index (χ3n) is 4.54.